The zero-order chi connectivity index (χ0) is 9.97. The topological polar surface area (TPSA) is 24.9 Å². The van der Waals surface area contributed by atoms with E-state index in [9.17, 15) is 0 Å². The van der Waals surface area contributed by atoms with Crippen molar-refractivity contribution >= 4 is 11.8 Å². The molecule has 2 rings (SSSR count). The van der Waals surface area contributed by atoms with Crippen LogP contribution in [0.2, 0.25) is 0 Å². The van der Waals surface area contributed by atoms with Crippen molar-refractivity contribution < 1.29 is 0 Å². The predicted octanol–water partition coefficient (Wildman–Crippen LogP) is 2.94. The summed E-state index contributed by atoms with van der Waals surface area (Å²) in [7, 11) is 0. The third-order valence-corrected chi connectivity index (χ3v) is 2.87. The van der Waals surface area contributed by atoms with Gasteiger partial charge in [0.15, 0.2) is 0 Å². The Morgan fingerprint density at radius 3 is 3.14 bits per heavy atom. The summed E-state index contributed by atoms with van der Waals surface area (Å²) in [4.78, 5) is 4.12. The number of anilines is 1. The standard InChI is InChI=1S/C12H16N2/c1-3-10-4-5-11-8-13-7-6-12(11)14-9(10)2/h4-10,14H,3H2,1-2H3. The zero-order valence-corrected chi connectivity index (χ0v) is 8.70. The molecule has 0 saturated heterocycles. The number of nitrogens with zero attached hydrogens (tertiary/aromatic N) is 1. The van der Waals surface area contributed by atoms with Crippen LogP contribution in [-0.4, -0.2) is 11.0 Å². The van der Waals surface area contributed by atoms with E-state index in [1.165, 1.54) is 17.7 Å². The maximum absolute atomic E-state index is 4.12. The second-order valence-electron chi connectivity index (χ2n) is 3.83. The van der Waals surface area contributed by atoms with Gasteiger partial charge in [0, 0.05) is 29.7 Å². The van der Waals surface area contributed by atoms with Crippen LogP contribution in [0.5, 0.6) is 0 Å². The van der Waals surface area contributed by atoms with Crippen molar-refractivity contribution in [2.75, 3.05) is 5.32 Å². The average Bonchev–Trinajstić information content (AvgIpc) is 2.36. The summed E-state index contributed by atoms with van der Waals surface area (Å²) in [6.45, 7) is 4.45. The van der Waals surface area contributed by atoms with E-state index in [-0.39, 0.29) is 0 Å². The summed E-state index contributed by atoms with van der Waals surface area (Å²) in [5, 5.41) is 3.52. The van der Waals surface area contributed by atoms with Crippen molar-refractivity contribution in [3.63, 3.8) is 0 Å². The van der Waals surface area contributed by atoms with E-state index >= 15 is 0 Å². The molecule has 2 heteroatoms. The molecule has 14 heavy (non-hydrogen) atoms. The molecule has 1 N–H and O–H groups in total. The highest BCUT2D eigenvalue weighted by atomic mass is 14.9. The third-order valence-electron chi connectivity index (χ3n) is 2.87. The van der Waals surface area contributed by atoms with Crippen LogP contribution in [0.15, 0.2) is 24.5 Å². The predicted molar refractivity (Wildman–Crippen MR) is 60.1 cm³/mol. The van der Waals surface area contributed by atoms with Gasteiger partial charge in [0.25, 0.3) is 0 Å². The van der Waals surface area contributed by atoms with E-state index in [1.54, 1.807) is 0 Å². The van der Waals surface area contributed by atoms with Gasteiger partial charge in [-0.05, 0) is 25.3 Å². The monoisotopic (exact) mass is 188 g/mol. The Morgan fingerprint density at radius 1 is 1.50 bits per heavy atom. The first kappa shape index (κ1) is 9.25. The Bertz CT molecular complexity index is 344. The first-order valence-electron chi connectivity index (χ1n) is 5.20. The number of rotatable bonds is 1. The molecule has 1 aliphatic heterocycles. The molecule has 2 unspecified atom stereocenters. The summed E-state index contributed by atoms with van der Waals surface area (Å²) in [5.74, 6) is 0.613. The number of pyridine rings is 1. The molecule has 0 spiro atoms. The van der Waals surface area contributed by atoms with Crippen LogP contribution in [-0.2, 0) is 0 Å². The Morgan fingerprint density at radius 2 is 2.36 bits per heavy atom. The lowest BCUT2D eigenvalue weighted by molar-refractivity contribution is 0.552. The Hall–Kier alpha value is -1.31. The van der Waals surface area contributed by atoms with Crippen LogP contribution in [0.1, 0.15) is 25.8 Å². The van der Waals surface area contributed by atoms with Crippen LogP contribution in [0, 0.1) is 5.92 Å². The second-order valence-corrected chi connectivity index (χ2v) is 3.83. The summed E-state index contributed by atoms with van der Waals surface area (Å²) in [5.41, 5.74) is 2.38. The average molecular weight is 188 g/mol. The van der Waals surface area contributed by atoms with Gasteiger partial charge in [-0.25, -0.2) is 0 Å². The molecule has 74 valence electrons. The van der Waals surface area contributed by atoms with Crippen molar-refractivity contribution in [1.29, 1.82) is 0 Å². The number of nitrogens with one attached hydrogen (secondary N) is 1. The van der Waals surface area contributed by atoms with Crippen LogP contribution < -0.4 is 5.32 Å². The molecule has 1 aromatic heterocycles. The third kappa shape index (κ3) is 1.65. The fraction of sp³-hybridized carbons (Fsp3) is 0.417. The van der Waals surface area contributed by atoms with Gasteiger partial charge in [-0.2, -0.15) is 0 Å². The van der Waals surface area contributed by atoms with Gasteiger partial charge in [0.2, 0.25) is 0 Å². The molecule has 0 fully saturated rings. The lowest BCUT2D eigenvalue weighted by Gasteiger charge is -2.20. The summed E-state index contributed by atoms with van der Waals surface area (Å²) in [6.07, 6.45) is 9.37. The van der Waals surface area contributed by atoms with Gasteiger partial charge in [0.05, 0.1) is 0 Å². The molecule has 2 atom stereocenters. The number of aromatic nitrogens is 1. The highest BCUT2D eigenvalue weighted by Crippen LogP contribution is 2.25. The fourth-order valence-electron chi connectivity index (χ4n) is 1.91. The maximum atomic E-state index is 4.12. The van der Waals surface area contributed by atoms with Crippen LogP contribution in [0.25, 0.3) is 6.08 Å². The highest BCUT2D eigenvalue weighted by Gasteiger charge is 2.16. The van der Waals surface area contributed by atoms with Crippen molar-refractivity contribution in [3.05, 3.63) is 30.1 Å². The van der Waals surface area contributed by atoms with E-state index in [0.717, 1.165) is 0 Å². The molecule has 1 aromatic rings. The molecule has 0 aromatic carbocycles. The molecule has 0 saturated carbocycles. The molecule has 0 aliphatic carbocycles. The van der Waals surface area contributed by atoms with E-state index in [4.69, 9.17) is 0 Å². The van der Waals surface area contributed by atoms with Gasteiger partial charge in [0.1, 0.15) is 0 Å². The first-order valence-corrected chi connectivity index (χ1v) is 5.20. The molecule has 1 aliphatic rings. The van der Waals surface area contributed by atoms with E-state index in [0.29, 0.717) is 12.0 Å². The van der Waals surface area contributed by atoms with Crippen molar-refractivity contribution in [2.24, 2.45) is 5.92 Å². The van der Waals surface area contributed by atoms with Crippen molar-refractivity contribution in [3.8, 4) is 0 Å². The van der Waals surface area contributed by atoms with Crippen molar-refractivity contribution in [1.82, 2.24) is 4.98 Å². The van der Waals surface area contributed by atoms with E-state index in [1.807, 2.05) is 18.5 Å². The van der Waals surface area contributed by atoms with Gasteiger partial charge in [-0.15, -0.1) is 0 Å². The van der Waals surface area contributed by atoms with Crippen LogP contribution >= 0.6 is 0 Å². The number of fused-ring (bicyclic) bond motifs is 1. The highest BCUT2D eigenvalue weighted by molar-refractivity contribution is 5.67. The molecule has 2 nitrogen and oxygen atoms in total. The summed E-state index contributed by atoms with van der Waals surface area (Å²) < 4.78 is 0. The molecular formula is C12H16N2. The van der Waals surface area contributed by atoms with Crippen LogP contribution in [0.4, 0.5) is 5.69 Å². The van der Waals surface area contributed by atoms with E-state index in [2.05, 4.69) is 36.3 Å². The minimum atomic E-state index is 0.500. The van der Waals surface area contributed by atoms with E-state index < -0.39 is 0 Å². The summed E-state index contributed by atoms with van der Waals surface area (Å²) in [6, 6.07) is 2.54. The maximum Gasteiger partial charge on any atom is 0.0446 e. The molecule has 0 bridgehead atoms. The molecule has 0 radical (unpaired) electrons. The quantitative estimate of drug-likeness (QED) is 0.733. The molecule has 2 heterocycles. The first-order chi connectivity index (χ1) is 6.81. The lowest BCUT2D eigenvalue weighted by Crippen LogP contribution is -2.23. The van der Waals surface area contributed by atoms with Crippen LogP contribution in [0.3, 0.4) is 0 Å². The Kier molecular flexibility index (Phi) is 2.53. The van der Waals surface area contributed by atoms with Gasteiger partial charge in [-0.3, -0.25) is 4.98 Å². The Balaban J connectivity index is 2.34. The largest absolute Gasteiger partial charge is 0.381 e. The van der Waals surface area contributed by atoms with Crippen molar-refractivity contribution in [2.45, 2.75) is 26.3 Å². The smallest absolute Gasteiger partial charge is 0.0446 e. The SMILES string of the molecule is CCC1C=Cc2cnccc2NC1C. The van der Waals surface area contributed by atoms with Gasteiger partial charge < -0.3 is 5.32 Å². The normalized spacial score (nSPS) is 25.0. The lowest BCUT2D eigenvalue weighted by atomic mass is 9.98. The van der Waals surface area contributed by atoms with Gasteiger partial charge >= 0.3 is 0 Å². The fourth-order valence-corrected chi connectivity index (χ4v) is 1.91. The molecule has 0 amide bonds. The summed E-state index contributed by atoms with van der Waals surface area (Å²) >= 11 is 0. The number of hydrogen-bond acceptors (Lipinski definition) is 2. The number of hydrogen-bond donors (Lipinski definition) is 1. The molecular weight excluding hydrogens is 172 g/mol. The Labute approximate surface area is 85.1 Å². The minimum Gasteiger partial charge on any atom is -0.381 e. The zero-order valence-electron chi connectivity index (χ0n) is 8.70. The van der Waals surface area contributed by atoms with Gasteiger partial charge in [-0.1, -0.05) is 19.1 Å². The minimum absolute atomic E-state index is 0.500. The second kappa shape index (κ2) is 3.82.